The molecular formula is C29H25F3N4O3. The number of nitrogens with zero attached hydrogens (tertiary/aromatic N) is 3. The van der Waals surface area contributed by atoms with Gasteiger partial charge in [0.05, 0.1) is 24.9 Å². The molecule has 10 heteroatoms. The smallest absolute Gasteiger partial charge is 0.319 e. The largest absolute Gasteiger partial charge is 0.508 e. The van der Waals surface area contributed by atoms with E-state index in [1.165, 1.54) is 24.3 Å². The van der Waals surface area contributed by atoms with Crippen molar-refractivity contribution in [3.63, 3.8) is 0 Å². The van der Waals surface area contributed by atoms with Crippen molar-refractivity contribution in [2.45, 2.75) is 32.2 Å². The summed E-state index contributed by atoms with van der Waals surface area (Å²) in [5, 5.41) is 14.7. The molecule has 1 aliphatic carbocycles. The first-order valence-corrected chi connectivity index (χ1v) is 12.8. The van der Waals surface area contributed by atoms with Crippen LogP contribution in [0.1, 0.15) is 31.7 Å². The standard InChI is InChI=1S/C29H25F3N4O3/c1-3-18-20(31)7-6-16-10-17(37)11-19(22(16)18)25-24(32)26-23-27(36-29(35-26)39-12-14(2)8-9-30)33-21(15-4-5-15)13-38-28(23)34-25/h1,6-7,10-11,14-15,21,37H,4-5,8-9,12-13H2,2H3,(H,33,35,36)/t14-,21+/m0/s1. The number of hydrogen-bond acceptors (Lipinski definition) is 7. The highest BCUT2D eigenvalue weighted by atomic mass is 19.1. The number of halogens is 3. The lowest BCUT2D eigenvalue weighted by Crippen LogP contribution is -2.28. The van der Waals surface area contributed by atoms with Crippen LogP contribution in [0, 0.1) is 35.8 Å². The third kappa shape index (κ3) is 4.52. The Balaban J connectivity index is 1.58. The Kier molecular flexibility index (Phi) is 6.29. The van der Waals surface area contributed by atoms with Crippen LogP contribution in [-0.2, 0) is 0 Å². The Bertz CT molecular complexity index is 1650. The normalized spacial score (nSPS) is 17.3. The minimum absolute atomic E-state index is 0.0779. The average Bonchev–Trinajstić information content (AvgIpc) is 3.77. The number of fused-ring (bicyclic) bond motifs is 1. The van der Waals surface area contributed by atoms with Crippen LogP contribution in [0.5, 0.6) is 17.6 Å². The highest BCUT2D eigenvalue weighted by molar-refractivity contribution is 6.04. The number of aromatic nitrogens is 3. The molecule has 7 nitrogen and oxygen atoms in total. The van der Waals surface area contributed by atoms with E-state index in [1.807, 2.05) is 6.92 Å². The molecule has 2 atom stereocenters. The second-order valence-electron chi connectivity index (χ2n) is 10.1. The molecule has 0 spiro atoms. The summed E-state index contributed by atoms with van der Waals surface area (Å²) in [6, 6.07) is 5.19. The van der Waals surface area contributed by atoms with Gasteiger partial charge in [0.1, 0.15) is 40.6 Å². The van der Waals surface area contributed by atoms with E-state index < -0.39 is 18.3 Å². The van der Waals surface area contributed by atoms with Crippen molar-refractivity contribution in [3.8, 4) is 41.2 Å². The molecule has 3 heterocycles. The van der Waals surface area contributed by atoms with Gasteiger partial charge >= 0.3 is 6.01 Å². The molecule has 1 aliphatic heterocycles. The van der Waals surface area contributed by atoms with Gasteiger partial charge in [-0.05, 0) is 54.7 Å². The lowest BCUT2D eigenvalue weighted by atomic mass is 9.95. The third-order valence-electron chi connectivity index (χ3n) is 7.19. The first kappa shape index (κ1) is 25.0. The van der Waals surface area contributed by atoms with Crippen LogP contribution < -0.4 is 14.8 Å². The van der Waals surface area contributed by atoms with E-state index in [4.69, 9.17) is 15.9 Å². The van der Waals surface area contributed by atoms with Crippen LogP contribution in [0.2, 0.25) is 0 Å². The molecule has 6 rings (SSSR count). The number of phenols is 1. The number of nitrogens with one attached hydrogen (secondary N) is 1. The quantitative estimate of drug-likeness (QED) is 0.291. The summed E-state index contributed by atoms with van der Waals surface area (Å²) in [4.78, 5) is 13.3. The Morgan fingerprint density at radius 1 is 1.21 bits per heavy atom. The summed E-state index contributed by atoms with van der Waals surface area (Å²) in [7, 11) is 0. The van der Waals surface area contributed by atoms with Crippen LogP contribution in [0.4, 0.5) is 19.0 Å². The minimum Gasteiger partial charge on any atom is -0.508 e. The second kappa shape index (κ2) is 9.80. The van der Waals surface area contributed by atoms with Crippen molar-refractivity contribution in [1.82, 2.24) is 15.0 Å². The number of ether oxygens (including phenoxy) is 2. The maximum absolute atomic E-state index is 16.4. The highest BCUT2D eigenvalue weighted by Gasteiger charge is 2.36. The minimum atomic E-state index is -0.839. The summed E-state index contributed by atoms with van der Waals surface area (Å²) in [6.45, 7) is 1.76. The summed E-state index contributed by atoms with van der Waals surface area (Å²) >= 11 is 0. The molecule has 0 amide bonds. The van der Waals surface area contributed by atoms with E-state index in [0.717, 1.165) is 12.8 Å². The summed E-state index contributed by atoms with van der Waals surface area (Å²) < 4.78 is 55.7. The fourth-order valence-electron chi connectivity index (χ4n) is 4.95. The number of phenolic OH excluding ortho intramolecular Hbond substituents is 1. The van der Waals surface area contributed by atoms with Crippen molar-refractivity contribution in [2.75, 3.05) is 25.2 Å². The maximum Gasteiger partial charge on any atom is 0.319 e. The Hall–Kier alpha value is -4.26. The monoisotopic (exact) mass is 534 g/mol. The van der Waals surface area contributed by atoms with Crippen LogP contribution in [-0.4, -0.2) is 46.0 Å². The van der Waals surface area contributed by atoms with Crippen LogP contribution >= 0.6 is 0 Å². The van der Waals surface area contributed by atoms with Crippen LogP contribution in [0.3, 0.4) is 0 Å². The zero-order valence-corrected chi connectivity index (χ0v) is 21.1. The van der Waals surface area contributed by atoms with Crippen LogP contribution in [0.25, 0.3) is 32.9 Å². The summed E-state index contributed by atoms with van der Waals surface area (Å²) in [6.07, 6.45) is 7.98. The predicted octanol–water partition coefficient (Wildman–Crippen LogP) is 5.77. The van der Waals surface area contributed by atoms with Gasteiger partial charge in [-0.2, -0.15) is 9.97 Å². The summed E-state index contributed by atoms with van der Waals surface area (Å²) in [5.74, 6) is 1.35. The molecular weight excluding hydrogens is 509 g/mol. The molecule has 4 aromatic rings. The van der Waals surface area contributed by atoms with E-state index in [2.05, 4.69) is 26.2 Å². The highest BCUT2D eigenvalue weighted by Crippen LogP contribution is 2.43. The number of pyridine rings is 1. The van der Waals surface area contributed by atoms with Gasteiger partial charge in [0.2, 0.25) is 5.88 Å². The predicted molar refractivity (Wildman–Crippen MR) is 141 cm³/mol. The molecule has 2 aromatic carbocycles. The molecule has 0 saturated heterocycles. The van der Waals surface area contributed by atoms with Gasteiger partial charge < -0.3 is 19.9 Å². The molecule has 2 aromatic heterocycles. The molecule has 200 valence electrons. The number of hydrogen-bond donors (Lipinski definition) is 2. The van der Waals surface area contributed by atoms with E-state index in [0.29, 0.717) is 23.5 Å². The number of alkyl halides is 1. The number of terminal acetylenes is 1. The van der Waals surface area contributed by atoms with Crippen molar-refractivity contribution < 1.29 is 27.8 Å². The fourth-order valence-corrected chi connectivity index (χ4v) is 4.95. The zero-order chi connectivity index (χ0) is 27.3. The maximum atomic E-state index is 16.4. The van der Waals surface area contributed by atoms with E-state index >= 15 is 4.39 Å². The zero-order valence-electron chi connectivity index (χ0n) is 21.1. The van der Waals surface area contributed by atoms with Gasteiger partial charge in [0, 0.05) is 10.9 Å². The number of aromatic hydroxyl groups is 1. The number of rotatable bonds is 7. The first-order valence-electron chi connectivity index (χ1n) is 12.8. The molecule has 2 N–H and O–H groups in total. The number of anilines is 1. The van der Waals surface area contributed by atoms with Gasteiger partial charge in [0.25, 0.3) is 0 Å². The second-order valence-corrected chi connectivity index (χ2v) is 10.1. The molecule has 39 heavy (non-hydrogen) atoms. The fraction of sp³-hybridized carbons (Fsp3) is 0.345. The third-order valence-corrected chi connectivity index (χ3v) is 7.19. The molecule has 1 saturated carbocycles. The van der Waals surface area contributed by atoms with Gasteiger partial charge in [-0.25, -0.2) is 13.8 Å². The van der Waals surface area contributed by atoms with Crippen molar-refractivity contribution in [2.24, 2.45) is 11.8 Å². The first-order chi connectivity index (χ1) is 18.9. The number of benzene rings is 2. The van der Waals surface area contributed by atoms with Gasteiger partial charge in [-0.3, -0.25) is 4.39 Å². The SMILES string of the molecule is C#Cc1c(F)ccc2cc(O)cc(-c3nc4c5c(nc(OC[C@@H](C)CCF)nc5c3F)N[C@@H](C3CC3)CO4)c12. The van der Waals surface area contributed by atoms with Gasteiger partial charge in [-0.15, -0.1) is 6.42 Å². The molecule has 2 aliphatic rings. The van der Waals surface area contributed by atoms with Crippen LogP contribution in [0.15, 0.2) is 24.3 Å². The molecule has 0 radical (unpaired) electrons. The van der Waals surface area contributed by atoms with Crippen molar-refractivity contribution >= 4 is 27.5 Å². The van der Waals surface area contributed by atoms with Crippen molar-refractivity contribution in [3.05, 3.63) is 41.5 Å². The van der Waals surface area contributed by atoms with Crippen molar-refractivity contribution in [1.29, 1.82) is 0 Å². The van der Waals surface area contributed by atoms with Gasteiger partial charge in [-0.1, -0.05) is 18.9 Å². The van der Waals surface area contributed by atoms with Gasteiger partial charge in [0.15, 0.2) is 5.82 Å². The molecule has 0 unspecified atom stereocenters. The van der Waals surface area contributed by atoms with E-state index in [9.17, 15) is 13.9 Å². The summed E-state index contributed by atoms with van der Waals surface area (Å²) in [5.41, 5.74) is -0.328. The topological polar surface area (TPSA) is 89.4 Å². The Morgan fingerprint density at radius 2 is 2.03 bits per heavy atom. The van der Waals surface area contributed by atoms with E-state index in [1.54, 1.807) is 0 Å². The Morgan fingerprint density at radius 3 is 2.77 bits per heavy atom. The molecule has 1 fully saturated rings. The lowest BCUT2D eigenvalue weighted by molar-refractivity contribution is 0.226. The lowest BCUT2D eigenvalue weighted by Gasteiger charge is -2.16. The van der Waals surface area contributed by atoms with E-state index in [-0.39, 0.29) is 75.9 Å². The Labute approximate surface area is 222 Å². The molecule has 0 bridgehead atoms. The average molecular weight is 535 g/mol.